The zero-order chi connectivity index (χ0) is 8.04. The van der Waals surface area contributed by atoms with E-state index in [1.807, 2.05) is 0 Å². The average molecular weight is 277 g/mol. The molecule has 0 rings (SSSR count). The Kier molecular flexibility index (Phi) is 5.65. The van der Waals surface area contributed by atoms with Crippen LogP contribution in [0.1, 0.15) is 13.3 Å². The number of rotatable bonds is 5. The van der Waals surface area contributed by atoms with E-state index in [0.29, 0.717) is 6.54 Å². The number of hydrogen-bond acceptors (Lipinski definition) is 2. The first-order chi connectivity index (χ1) is 4.62. The second kappa shape index (κ2) is 5.31. The van der Waals surface area contributed by atoms with E-state index in [-0.39, 0.29) is 5.75 Å². The Morgan fingerprint density at radius 2 is 2.10 bits per heavy atom. The monoisotopic (exact) mass is 277 g/mol. The van der Waals surface area contributed by atoms with Crippen LogP contribution in [0.3, 0.4) is 0 Å². The van der Waals surface area contributed by atoms with Gasteiger partial charge >= 0.3 is 0 Å². The molecule has 0 amide bonds. The zero-order valence-electron chi connectivity index (χ0n) is 5.93. The third kappa shape index (κ3) is 5.43. The van der Waals surface area contributed by atoms with Crippen LogP contribution in [-0.2, 0) is 10.0 Å². The van der Waals surface area contributed by atoms with Gasteiger partial charge in [0.05, 0.1) is 5.75 Å². The molecule has 0 radical (unpaired) electrons. The summed E-state index contributed by atoms with van der Waals surface area (Å²) in [5, 5.41) is 0. The molecule has 0 aromatic rings. The Morgan fingerprint density at radius 3 is 2.50 bits per heavy atom. The summed E-state index contributed by atoms with van der Waals surface area (Å²) in [5.41, 5.74) is 0. The van der Waals surface area contributed by atoms with E-state index in [4.69, 9.17) is 0 Å². The first kappa shape index (κ1) is 10.6. The van der Waals surface area contributed by atoms with Crippen molar-refractivity contribution in [2.45, 2.75) is 13.3 Å². The zero-order valence-corrected chi connectivity index (χ0v) is 8.91. The molecule has 0 fully saturated rings. The molecule has 0 saturated heterocycles. The Labute approximate surface area is 75.8 Å². The van der Waals surface area contributed by atoms with Gasteiger partial charge in [-0.05, 0) is 13.3 Å². The lowest BCUT2D eigenvalue weighted by molar-refractivity contribution is 0.582. The van der Waals surface area contributed by atoms with Crippen LogP contribution in [-0.4, -0.2) is 25.1 Å². The van der Waals surface area contributed by atoms with Gasteiger partial charge in [-0.3, -0.25) is 0 Å². The maximum absolute atomic E-state index is 10.8. The summed E-state index contributed by atoms with van der Waals surface area (Å²) >= 11 is 2.22. The maximum Gasteiger partial charge on any atom is 0.211 e. The van der Waals surface area contributed by atoms with Crippen molar-refractivity contribution in [3.8, 4) is 0 Å². The fraction of sp³-hybridized carbons (Fsp3) is 1.00. The predicted molar refractivity (Wildman–Crippen MR) is 51.0 cm³/mol. The summed E-state index contributed by atoms with van der Waals surface area (Å²) in [7, 11) is -2.95. The van der Waals surface area contributed by atoms with Gasteiger partial charge in [0.1, 0.15) is 0 Å². The molecule has 0 spiro atoms. The molecule has 0 aliphatic heterocycles. The molecule has 0 aliphatic carbocycles. The van der Waals surface area contributed by atoms with Crippen LogP contribution in [0, 0.1) is 0 Å². The molecule has 10 heavy (non-hydrogen) atoms. The number of sulfonamides is 1. The minimum atomic E-state index is -2.95. The number of halogens is 1. The van der Waals surface area contributed by atoms with Gasteiger partial charge in [0, 0.05) is 11.0 Å². The summed E-state index contributed by atoms with van der Waals surface area (Å²) in [6, 6.07) is 0. The van der Waals surface area contributed by atoms with Gasteiger partial charge in [-0.25, -0.2) is 13.1 Å². The normalized spacial score (nSPS) is 11.8. The molecule has 1 N–H and O–H groups in total. The number of nitrogens with one attached hydrogen (secondary N) is 1. The molecular formula is C5H12INO2S. The van der Waals surface area contributed by atoms with Crippen LogP contribution in [0.25, 0.3) is 0 Å². The van der Waals surface area contributed by atoms with Crippen molar-refractivity contribution >= 4 is 32.6 Å². The smallest absolute Gasteiger partial charge is 0.211 e. The van der Waals surface area contributed by atoms with E-state index in [2.05, 4.69) is 27.3 Å². The van der Waals surface area contributed by atoms with Crippen LogP contribution >= 0.6 is 22.6 Å². The highest BCUT2D eigenvalue weighted by molar-refractivity contribution is 14.1. The van der Waals surface area contributed by atoms with Gasteiger partial charge in [-0.15, -0.1) is 0 Å². The minimum absolute atomic E-state index is 0.175. The summed E-state index contributed by atoms with van der Waals surface area (Å²) < 4.78 is 25.0. The van der Waals surface area contributed by atoms with Gasteiger partial charge < -0.3 is 0 Å². The van der Waals surface area contributed by atoms with E-state index in [1.54, 1.807) is 6.92 Å². The van der Waals surface area contributed by atoms with E-state index in [1.165, 1.54) is 0 Å². The van der Waals surface area contributed by atoms with E-state index in [0.717, 1.165) is 10.8 Å². The fourth-order valence-electron chi connectivity index (χ4n) is 0.397. The van der Waals surface area contributed by atoms with Gasteiger partial charge in [0.25, 0.3) is 0 Å². The van der Waals surface area contributed by atoms with Crippen LogP contribution in [0.4, 0.5) is 0 Å². The molecule has 62 valence electrons. The topological polar surface area (TPSA) is 46.2 Å². The molecule has 0 atom stereocenters. The first-order valence-corrected chi connectivity index (χ1v) is 6.33. The van der Waals surface area contributed by atoms with Crippen molar-refractivity contribution in [2.75, 3.05) is 16.7 Å². The highest BCUT2D eigenvalue weighted by Crippen LogP contribution is 1.88. The van der Waals surface area contributed by atoms with Gasteiger partial charge in [-0.2, -0.15) is 0 Å². The van der Waals surface area contributed by atoms with Crippen molar-refractivity contribution in [1.82, 2.24) is 4.72 Å². The molecule has 0 heterocycles. The molecule has 0 saturated carbocycles. The van der Waals surface area contributed by atoms with Crippen LogP contribution < -0.4 is 4.72 Å². The quantitative estimate of drug-likeness (QED) is 0.458. The average Bonchev–Trinajstić information content (AvgIpc) is 1.89. The first-order valence-electron chi connectivity index (χ1n) is 3.15. The molecular weight excluding hydrogens is 265 g/mol. The SMILES string of the molecule is CCS(=O)(=O)NCCCI. The summed E-state index contributed by atoms with van der Waals surface area (Å²) in [6.07, 6.45) is 0.903. The lowest BCUT2D eigenvalue weighted by Gasteiger charge is -2.00. The predicted octanol–water partition coefficient (Wildman–Crippen LogP) is 0.751. The summed E-state index contributed by atoms with van der Waals surface area (Å²) in [4.78, 5) is 0. The fourth-order valence-corrected chi connectivity index (χ4v) is 1.44. The lowest BCUT2D eigenvalue weighted by Crippen LogP contribution is -2.26. The van der Waals surface area contributed by atoms with Gasteiger partial charge in [0.15, 0.2) is 0 Å². The van der Waals surface area contributed by atoms with E-state index >= 15 is 0 Å². The molecule has 5 heteroatoms. The molecule has 0 aliphatic rings. The van der Waals surface area contributed by atoms with Crippen molar-refractivity contribution in [1.29, 1.82) is 0 Å². The second-order valence-electron chi connectivity index (χ2n) is 1.84. The third-order valence-electron chi connectivity index (χ3n) is 1.01. The summed E-state index contributed by atoms with van der Waals surface area (Å²) in [5.74, 6) is 0.175. The molecule has 0 unspecified atom stereocenters. The van der Waals surface area contributed by atoms with Crippen LogP contribution in [0.2, 0.25) is 0 Å². The summed E-state index contributed by atoms with van der Waals surface area (Å²) in [6.45, 7) is 2.20. The Bertz CT molecular complexity index is 166. The molecule has 3 nitrogen and oxygen atoms in total. The van der Waals surface area contributed by atoms with Crippen molar-refractivity contribution in [2.24, 2.45) is 0 Å². The standard InChI is InChI=1S/C5H12INO2S/c1-2-10(8,9)7-5-3-4-6/h7H,2-5H2,1H3. The molecule has 0 aromatic heterocycles. The largest absolute Gasteiger partial charge is 0.215 e. The third-order valence-corrected chi connectivity index (χ3v) is 3.18. The van der Waals surface area contributed by atoms with E-state index in [9.17, 15) is 8.42 Å². The molecule has 0 bridgehead atoms. The van der Waals surface area contributed by atoms with Crippen molar-refractivity contribution in [3.05, 3.63) is 0 Å². The molecule has 0 aromatic carbocycles. The maximum atomic E-state index is 10.8. The minimum Gasteiger partial charge on any atom is -0.215 e. The number of alkyl halides is 1. The Hall–Kier alpha value is 0.640. The van der Waals surface area contributed by atoms with E-state index < -0.39 is 10.0 Å². The number of hydrogen-bond donors (Lipinski definition) is 1. The van der Waals surface area contributed by atoms with Crippen LogP contribution in [0.5, 0.6) is 0 Å². The van der Waals surface area contributed by atoms with Crippen molar-refractivity contribution < 1.29 is 8.42 Å². The lowest BCUT2D eigenvalue weighted by atomic mass is 10.5. The van der Waals surface area contributed by atoms with Crippen LogP contribution in [0.15, 0.2) is 0 Å². The highest BCUT2D eigenvalue weighted by Gasteiger charge is 2.02. The Balaban J connectivity index is 3.49. The highest BCUT2D eigenvalue weighted by atomic mass is 127. The van der Waals surface area contributed by atoms with Gasteiger partial charge in [0.2, 0.25) is 10.0 Å². The Morgan fingerprint density at radius 1 is 1.50 bits per heavy atom. The van der Waals surface area contributed by atoms with Crippen molar-refractivity contribution in [3.63, 3.8) is 0 Å². The van der Waals surface area contributed by atoms with Gasteiger partial charge in [-0.1, -0.05) is 22.6 Å². The second-order valence-corrected chi connectivity index (χ2v) is 5.01.